The Morgan fingerprint density at radius 1 is 1.15 bits per heavy atom. The van der Waals surface area contributed by atoms with Gasteiger partial charge in [-0.2, -0.15) is 5.26 Å². The number of carbonyl (C=O) groups is 2. The third-order valence-corrected chi connectivity index (χ3v) is 3.85. The SMILES string of the molecule is C[C@H](NC(=O)[C@@H](N)Cc1ccccc1C#N)C(=O)OCc1ccccc1.Cl. The molecule has 0 saturated heterocycles. The van der Waals surface area contributed by atoms with E-state index in [0.717, 1.165) is 5.56 Å². The maximum Gasteiger partial charge on any atom is 0.328 e. The zero-order chi connectivity index (χ0) is 18.9. The van der Waals surface area contributed by atoms with Gasteiger partial charge in [0, 0.05) is 0 Å². The van der Waals surface area contributed by atoms with Crippen LogP contribution in [0.1, 0.15) is 23.6 Å². The second-order valence-corrected chi connectivity index (χ2v) is 5.90. The first-order valence-electron chi connectivity index (χ1n) is 8.25. The lowest BCUT2D eigenvalue weighted by Gasteiger charge is -2.17. The summed E-state index contributed by atoms with van der Waals surface area (Å²) in [5, 5.41) is 11.6. The Hall–Kier alpha value is -2.88. The first-order chi connectivity index (χ1) is 12.5. The van der Waals surface area contributed by atoms with Crippen LogP contribution in [0.5, 0.6) is 0 Å². The molecule has 0 aliphatic rings. The largest absolute Gasteiger partial charge is 0.459 e. The number of hydrogen-bond donors (Lipinski definition) is 2. The van der Waals surface area contributed by atoms with Crippen molar-refractivity contribution in [3.63, 3.8) is 0 Å². The number of nitrogens with one attached hydrogen (secondary N) is 1. The third-order valence-electron chi connectivity index (χ3n) is 3.85. The van der Waals surface area contributed by atoms with Gasteiger partial charge in [0.15, 0.2) is 0 Å². The molecule has 6 nitrogen and oxygen atoms in total. The maximum absolute atomic E-state index is 12.2. The number of halogens is 1. The summed E-state index contributed by atoms with van der Waals surface area (Å²) in [4.78, 5) is 24.2. The van der Waals surface area contributed by atoms with Gasteiger partial charge >= 0.3 is 5.97 Å². The summed E-state index contributed by atoms with van der Waals surface area (Å²) in [6, 6.07) is 16.6. The van der Waals surface area contributed by atoms with Gasteiger partial charge in [-0.15, -0.1) is 12.4 Å². The van der Waals surface area contributed by atoms with Crippen molar-refractivity contribution in [2.24, 2.45) is 5.73 Å². The first-order valence-corrected chi connectivity index (χ1v) is 8.25. The van der Waals surface area contributed by atoms with E-state index in [1.807, 2.05) is 30.3 Å². The average molecular weight is 388 g/mol. The van der Waals surface area contributed by atoms with Crippen molar-refractivity contribution in [3.05, 3.63) is 71.3 Å². The molecule has 2 aromatic rings. The molecule has 27 heavy (non-hydrogen) atoms. The predicted molar refractivity (Wildman–Crippen MR) is 104 cm³/mol. The molecular weight excluding hydrogens is 366 g/mol. The lowest BCUT2D eigenvalue weighted by molar-refractivity contribution is -0.148. The average Bonchev–Trinajstić information content (AvgIpc) is 2.67. The van der Waals surface area contributed by atoms with Gasteiger partial charge in [-0.1, -0.05) is 48.5 Å². The minimum atomic E-state index is -0.867. The van der Waals surface area contributed by atoms with E-state index >= 15 is 0 Å². The van der Waals surface area contributed by atoms with Crippen LogP contribution in [0, 0.1) is 11.3 Å². The first kappa shape index (κ1) is 22.2. The normalized spacial score (nSPS) is 12.0. The van der Waals surface area contributed by atoms with Gasteiger partial charge in [0.25, 0.3) is 0 Å². The number of amides is 1. The number of esters is 1. The fraction of sp³-hybridized carbons (Fsp3) is 0.250. The van der Waals surface area contributed by atoms with Gasteiger partial charge in [0.2, 0.25) is 5.91 Å². The summed E-state index contributed by atoms with van der Waals surface area (Å²) in [6.45, 7) is 1.68. The number of rotatable bonds is 7. The molecule has 1 amide bonds. The zero-order valence-electron chi connectivity index (χ0n) is 14.9. The Kier molecular flexibility index (Phi) is 9.00. The van der Waals surface area contributed by atoms with Crippen LogP contribution >= 0.6 is 12.4 Å². The molecule has 0 radical (unpaired) electrons. The van der Waals surface area contributed by atoms with Crippen LogP contribution in [-0.2, 0) is 27.4 Å². The predicted octanol–water partition coefficient (Wildman–Crippen LogP) is 2.10. The van der Waals surface area contributed by atoms with Gasteiger partial charge in [-0.3, -0.25) is 4.79 Å². The molecule has 7 heteroatoms. The Balaban J connectivity index is 0.00000364. The van der Waals surface area contributed by atoms with Gasteiger partial charge in [0.05, 0.1) is 17.7 Å². The standard InChI is InChI=1S/C20H21N3O3.ClH/c1-14(20(25)26-13-15-7-3-2-4-8-15)23-19(24)18(22)11-16-9-5-6-10-17(16)12-21;/h2-10,14,18H,11,13,22H2,1H3,(H,23,24);1H/t14-,18-;/m0./s1. The third kappa shape index (κ3) is 6.74. The molecular formula is C20H22ClN3O3. The van der Waals surface area contributed by atoms with Crippen LogP contribution in [0.15, 0.2) is 54.6 Å². The van der Waals surface area contributed by atoms with E-state index in [9.17, 15) is 9.59 Å². The molecule has 0 saturated carbocycles. The fourth-order valence-electron chi connectivity index (χ4n) is 2.37. The van der Waals surface area contributed by atoms with Gasteiger partial charge in [0.1, 0.15) is 12.6 Å². The van der Waals surface area contributed by atoms with E-state index in [-0.39, 0.29) is 25.4 Å². The number of carbonyl (C=O) groups excluding carboxylic acids is 2. The van der Waals surface area contributed by atoms with Crippen LogP contribution in [0.2, 0.25) is 0 Å². The lowest BCUT2D eigenvalue weighted by atomic mass is 10.0. The minimum absolute atomic E-state index is 0. The highest BCUT2D eigenvalue weighted by molar-refractivity contribution is 5.87. The number of ether oxygens (including phenoxy) is 1. The molecule has 3 N–H and O–H groups in total. The maximum atomic E-state index is 12.2. The molecule has 2 rings (SSSR count). The molecule has 0 bridgehead atoms. The summed E-state index contributed by atoms with van der Waals surface area (Å²) < 4.78 is 5.19. The number of nitrogens with two attached hydrogens (primary N) is 1. The molecule has 142 valence electrons. The Morgan fingerprint density at radius 2 is 1.78 bits per heavy atom. The highest BCUT2D eigenvalue weighted by atomic mass is 35.5. The summed E-state index contributed by atoms with van der Waals surface area (Å²) >= 11 is 0. The van der Waals surface area contributed by atoms with Crippen molar-refractivity contribution in [1.29, 1.82) is 5.26 Å². The quantitative estimate of drug-likeness (QED) is 0.708. The van der Waals surface area contributed by atoms with Crippen molar-refractivity contribution in [2.45, 2.75) is 32.0 Å². The molecule has 0 heterocycles. The van der Waals surface area contributed by atoms with Crippen molar-refractivity contribution in [3.8, 4) is 6.07 Å². The molecule has 2 aromatic carbocycles. The van der Waals surface area contributed by atoms with Crippen LogP contribution in [0.25, 0.3) is 0 Å². The van der Waals surface area contributed by atoms with Crippen molar-refractivity contribution >= 4 is 24.3 Å². The van der Waals surface area contributed by atoms with Gasteiger partial charge in [-0.25, -0.2) is 4.79 Å². The van der Waals surface area contributed by atoms with Crippen molar-refractivity contribution in [1.82, 2.24) is 5.32 Å². The highest BCUT2D eigenvalue weighted by Crippen LogP contribution is 2.09. The monoisotopic (exact) mass is 387 g/mol. The smallest absolute Gasteiger partial charge is 0.328 e. The van der Waals surface area contributed by atoms with E-state index in [0.29, 0.717) is 11.1 Å². The molecule has 0 aliphatic heterocycles. The molecule has 0 aliphatic carbocycles. The van der Waals surface area contributed by atoms with E-state index in [4.69, 9.17) is 15.7 Å². The number of hydrogen-bond acceptors (Lipinski definition) is 5. The molecule has 0 unspecified atom stereocenters. The van der Waals surface area contributed by atoms with Crippen LogP contribution in [0.4, 0.5) is 0 Å². The summed E-state index contributed by atoms with van der Waals surface area (Å²) in [5.74, 6) is -1.01. The van der Waals surface area contributed by atoms with Gasteiger partial charge < -0.3 is 15.8 Å². The van der Waals surface area contributed by atoms with Crippen LogP contribution in [0.3, 0.4) is 0 Å². The topological polar surface area (TPSA) is 105 Å². The number of nitrogens with zero attached hydrogens (tertiary/aromatic N) is 1. The fourth-order valence-corrected chi connectivity index (χ4v) is 2.37. The Bertz CT molecular complexity index is 806. The van der Waals surface area contributed by atoms with E-state index in [2.05, 4.69) is 11.4 Å². The summed E-state index contributed by atoms with van der Waals surface area (Å²) in [6.07, 6.45) is 0.210. The minimum Gasteiger partial charge on any atom is -0.459 e. The number of benzene rings is 2. The molecule has 0 fully saturated rings. The Labute approximate surface area is 164 Å². The summed E-state index contributed by atoms with van der Waals surface area (Å²) in [7, 11) is 0. The van der Waals surface area contributed by atoms with E-state index in [1.54, 1.807) is 31.2 Å². The van der Waals surface area contributed by atoms with Gasteiger partial charge in [-0.05, 0) is 30.5 Å². The van der Waals surface area contributed by atoms with E-state index < -0.39 is 24.0 Å². The molecule has 0 spiro atoms. The second-order valence-electron chi connectivity index (χ2n) is 5.90. The second kappa shape index (κ2) is 11.0. The van der Waals surface area contributed by atoms with Crippen molar-refractivity contribution < 1.29 is 14.3 Å². The highest BCUT2D eigenvalue weighted by Gasteiger charge is 2.22. The van der Waals surface area contributed by atoms with Crippen LogP contribution in [-0.4, -0.2) is 24.0 Å². The molecule has 0 aromatic heterocycles. The van der Waals surface area contributed by atoms with E-state index in [1.165, 1.54) is 0 Å². The summed E-state index contributed by atoms with van der Waals surface area (Å²) in [5.41, 5.74) is 7.95. The number of nitriles is 1. The van der Waals surface area contributed by atoms with Crippen LogP contribution < -0.4 is 11.1 Å². The van der Waals surface area contributed by atoms with Crippen molar-refractivity contribution in [2.75, 3.05) is 0 Å². The zero-order valence-corrected chi connectivity index (χ0v) is 15.7. The Morgan fingerprint density at radius 3 is 2.44 bits per heavy atom. The molecule has 2 atom stereocenters. The lowest BCUT2D eigenvalue weighted by Crippen LogP contribution is -2.48.